The molecule has 4 aliphatic carbocycles. The highest BCUT2D eigenvalue weighted by Crippen LogP contribution is 2.52. The Bertz CT molecular complexity index is 246. The van der Waals surface area contributed by atoms with E-state index in [0.717, 1.165) is 0 Å². The van der Waals surface area contributed by atoms with Crippen LogP contribution in [-0.2, 0) is 9.59 Å². The number of fused-ring (bicyclic) bond motifs is 2. The van der Waals surface area contributed by atoms with Crippen LogP contribution in [-0.4, -0.2) is 11.6 Å². The van der Waals surface area contributed by atoms with Crippen LogP contribution in [0.2, 0.25) is 0 Å². The monoisotopic (exact) mass is 178 g/mol. The number of carbonyl (C=O) groups excluding carboxylic acids is 2. The van der Waals surface area contributed by atoms with E-state index in [9.17, 15) is 9.59 Å². The Labute approximate surface area is 77.7 Å². The van der Waals surface area contributed by atoms with Crippen molar-refractivity contribution in [1.29, 1.82) is 0 Å². The van der Waals surface area contributed by atoms with Gasteiger partial charge in [-0.3, -0.25) is 9.59 Å². The number of hydrogen-bond donors (Lipinski definition) is 0. The van der Waals surface area contributed by atoms with Gasteiger partial charge in [0.1, 0.15) is 11.6 Å². The zero-order valence-electron chi connectivity index (χ0n) is 7.66. The SMILES string of the molecule is O=C1CC(=O)[C@H]2[C@H]3CC[C@H](CC3)[C@@H]12. The molecule has 70 valence electrons. The van der Waals surface area contributed by atoms with E-state index in [2.05, 4.69) is 0 Å². The van der Waals surface area contributed by atoms with Gasteiger partial charge in [-0.05, 0) is 37.5 Å². The number of hydrogen-bond acceptors (Lipinski definition) is 2. The molecule has 4 saturated carbocycles. The molecule has 0 amide bonds. The van der Waals surface area contributed by atoms with E-state index in [1.54, 1.807) is 0 Å². The lowest BCUT2D eigenvalue weighted by Gasteiger charge is -2.43. The molecule has 2 atom stereocenters. The first-order chi connectivity index (χ1) is 6.27. The van der Waals surface area contributed by atoms with Gasteiger partial charge in [-0.15, -0.1) is 0 Å². The van der Waals surface area contributed by atoms with Gasteiger partial charge in [0.2, 0.25) is 0 Å². The predicted molar refractivity (Wildman–Crippen MR) is 47.1 cm³/mol. The normalized spacial score (nSPS) is 48.3. The maximum absolute atomic E-state index is 11.6. The Morgan fingerprint density at radius 3 is 1.54 bits per heavy atom. The van der Waals surface area contributed by atoms with Crippen molar-refractivity contribution in [2.75, 3.05) is 0 Å². The molecule has 0 spiro atoms. The summed E-state index contributed by atoms with van der Waals surface area (Å²) in [7, 11) is 0. The van der Waals surface area contributed by atoms with Gasteiger partial charge in [0.15, 0.2) is 0 Å². The third kappa shape index (κ3) is 0.890. The summed E-state index contributed by atoms with van der Waals surface area (Å²) < 4.78 is 0. The fourth-order valence-corrected chi connectivity index (χ4v) is 3.78. The van der Waals surface area contributed by atoms with Crippen molar-refractivity contribution in [1.82, 2.24) is 0 Å². The van der Waals surface area contributed by atoms with Gasteiger partial charge in [0.05, 0.1) is 6.42 Å². The summed E-state index contributed by atoms with van der Waals surface area (Å²) in [6.45, 7) is 0. The van der Waals surface area contributed by atoms with E-state index in [-0.39, 0.29) is 29.8 Å². The maximum atomic E-state index is 11.6. The third-order valence-corrected chi connectivity index (χ3v) is 4.31. The van der Waals surface area contributed by atoms with Gasteiger partial charge in [0, 0.05) is 11.8 Å². The highest BCUT2D eigenvalue weighted by molar-refractivity contribution is 6.09. The maximum Gasteiger partial charge on any atom is 0.144 e. The molecule has 4 rings (SSSR count). The van der Waals surface area contributed by atoms with Gasteiger partial charge in [0.25, 0.3) is 0 Å². The molecule has 0 aromatic carbocycles. The molecule has 0 unspecified atom stereocenters. The molecule has 0 N–H and O–H groups in total. The molecule has 0 aromatic heterocycles. The van der Waals surface area contributed by atoms with Crippen LogP contribution >= 0.6 is 0 Å². The van der Waals surface area contributed by atoms with Crippen molar-refractivity contribution in [3.05, 3.63) is 0 Å². The van der Waals surface area contributed by atoms with Crippen molar-refractivity contribution in [2.24, 2.45) is 23.7 Å². The minimum Gasteiger partial charge on any atom is -0.299 e. The largest absolute Gasteiger partial charge is 0.299 e. The van der Waals surface area contributed by atoms with E-state index in [1.165, 1.54) is 25.7 Å². The molecule has 2 nitrogen and oxygen atoms in total. The van der Waals surface area contributed by atoms with Crippen LogP contribution < -0.4 is 0 Å². The Morgan fingerprint density at radius 1 is 0.769 bits per heavy atom. The summed E-state index contributed by atoms with van der Waals surface area (Å²) in [5, 5.41) is 0. The van der Waals surface area contributed by atoms with Crippen LogP contribution in [0.3, 0.4) is 0 Å². The van der Waals surface area contributed by atoms with Gasteiger partial charge in [-0.2, -0.15) is 0 Å². The van der Waals surface area contributed by atoms with Crippen LogP contribution in [0, 0.1) is 23.7 Å². The van der Waals surface area contributed by atoms with Crippen molar-refractivity contribution >= 4 is 11.6 Å². The van der Waals surface area contributed by atoms with E-state index >= 15 is 0 Å². The Kier molecular flexibility index (Phi) is 1.44. The molecule has 0 aliphatic heterocycles. The average molecular weight is 178 g/mol. The number of Topliss-reactive ketones (excluding diaryl/α,β-unsaturated/α-hetero) is 2. The van der Waals surface area contributed by atoms with E-state index in [0.29, 0.717) is 11.8 Å². The molecule has 13 heavy (non-hydrogen) atoms. The molecular formula is C11H14O2. The lowest BCUT2D eigenvalue weighted by molar-refractivity contribution is -0.129. The first-order valence-corrected chi connectivity index (χ1v) is 5.33. The van der Waals surface area contributed by atoms with Crippen LogP contribution in [0.25, 0.3) is 0 Å². The molecule has 2 heteroatoms. The molecule has 0 heterocycles. The van der Waals surface area contributed by atoms with E-state index < -0.39 is 0 Å². The summed E-state index contributed by atoms with van der Waals surface area (Å²) in [5.74, 6) is 1.94. The highest BCUT2D eigenvalue weighted by Gasteiger charge is 2.53. The summed E-state index contributed by atoms with van der Waals surface area (Å²) >= 11 is 0. The lowest BCUT2D eigenvalue weighted by Crippen LogP contribution is -2.41. The standard InChI is InChI=1S/C11H14O2/c12-8-5-9(13)11-7-2-1-6(3-4-7)10(8)11/h6-7,10-11H,1-5H2/t6-,7+,10-,11+. The van der Waals surface area contributed by atoms with E-state index in [1.807, 2.05) is 0 Å². The number of carbonyl (C=O) groups is 2. The zero-order valence-corrected chi connectivity index (χ0v) is 7.66. The minimum absolute atomic E-state index is 0.153. The van der Waals surface area contributed by atoms with Crippen molar-refractivity contribution in [3.63, 3.8) is 0 Å². The predicted octanol–water partition coefficient (Wildman–Crippen LogP) is 1.58. The summed E-state index contributed by atoms with van der Waals surface area (Å²) in [6, 6.07) is 0. The Balaban J connectivity index is 2.00. The highest BCUT2D eigenvalue weighted by atomic mass is 16.2. The van der Waals surface area contributed by atoms with Crippen LogP contribution in [0.5, 0.6) is 0 Å². The van der Waals surface area contributed by atoms with Gasteiger partial charge < -0.3 is 0 Å². The average Bonchev–Trinajstić information content (AvgIpc) is 2.47. The fraction of sp³-hybridized carbons (Fsp3) is 0.818. The van der Waals surface area contributed by atoms with E-state index in [4.69, 9.17) is 0 Å². The van der Waals surface area contributed by atoms with Crippen molar-refractivity contribution in [3.8, 4) is 0 Å². The van der Waals surface area contributed by atoms with Gasteiger partial charge >= 0.3 is 0 Å². The molecule has 4 fully saturated rings. The Hall–Kier alpha value is -0.660. The van der Waals surface area contributed by atoms with Crippen LogP contribution in [0.15, 0.2) is 0 Å². The smallest absolute Gasteiger partial charge is 0.144 e. The minimum atomic E-state index is 0.153. The first kappa shape index (κ1) is 7.72. The van der Waals surface area contributed by atoms with Gasteiger partial charge in [-0.25, -0.2) is 0 Å². The zero-order chi connectivity index (χ0) is 9.00. The lowest BCUT2D eigenvalue weighted by atomic mass is 9.59. The summed E-state index contributed by atoms with van der Waals surface area (Å²) in [6.07, 6.45) is 5.05. The third-order valence-electron chi connectivity index (χ3n) is 4.31. The second kappa shape index (κ2) is 2.43. The Morgan fingerprint density at radius 2 is 1.15 bits per heavy atom. The first-order valence-electron chi connectivity index (χ1n) is 5.33. The van der Waals surface area contributed by atoms with Crippen LogP contribution in [0.4, 0.5) is 0 Å². The summed E-state index contributed by atoms with van der Waals surface area (Å²) in [5.41, 5.74) is 0. The van der Waals surface area contributed by atoms with Crippen molar-refractivity contribution in [2.45, 2.75) is 32.1 Å². The molecule has 0 aromatic rings. The number of ketones is 2. The van der Waals surface area contributed by atoms with Crippen molar-refractivity contribution < 1.29 is 9.59 Å². The molecular weight excluding hydrogens is 164 g/mol. The molecule has 2 bridgehead atoms. The topological polar surface area (TPSA) is 34.1 Å². The van der Waals surface area contributed by atoms with Crippen LogP contribution in [0.1, 0.15) is 32.1 Å². The molecule has 4 aliphatic rings. The molecule has 0 radical (unpaired) electrons. The second-order valence-corrected chi connectivity index (χ2v) is 4.84. The van der Waals surface area contributed by atoms with Gasteiger partial charge in [-0.1, -0.05) is 0 Å². The number of rotatable bonds is 0. The fourth-order valence-electron chi connectivity index (χ4n) is 3.78. The second-order valence-electron chi connectivity index (χ2n) is 4.84. The quantitative estimate of drug-likeness (QED) is 0.528. The summed E-state index contributed by atoms with van der Waals surface area (Å²) in [4.78, 5) is 23.2. The molecule has 0 saturated heterocycles.